The molecule has 0 saturated heterocycles. The topological polar surface area (TPSA) is 81.0 Å². The van der Waals surface area contributed by atoms with Crippen LogP contribution >= 0.6 is 11.8 Å². The highest BCUT2D eigenvalue weighted by Crippen LogP contribution is 2.25. The van der Waals surface area contributed by atoms with Crippen molar-refractivity contribution in [2.75, 3.05) is 17.3 Å². The normalized spacial score (nSPS) is 12.3. The number of aromatic nitrogens is 2. The SMILES string of the molecule is CSCCC(C)Nc1ncnc2ccc([N+](=O)[O-])cc12. The van der Waals surface area contributed by atoms with Crippen LogP contribution in [0.1, 0.15) is 13.3 Å². The molecule has 6 nitrogen and oxygen atoms in total. The third-order valence-corrected chi connectivity index (χ3v) is 3.61. The van der Waals surface area contributed by atoms with E-state index in [1.165, 1.54) is 18.5 Å². The summed E-state index contributed by atoms with van der Waals surface area (Å²) in [5.74, 6) is 1.70. The molecule has 0 saturated carbocycles. The van der Waals surface area contributed by atoms with E-state index in [0.717, 1.165) is 12.2 Å². The van der Waals surface area contributed by atoms with E-state index in [4.69, 9.17) is 0 Å². The van der Waals surface area contributed by atoms with Crippen LogP contribution < -0.4 is 5.32 Å². The summed E-state index contributed by atoms with van der Waals surface area (Å²) in [7, 11) is 0. The summed E-state index contributed by atoms with van der Waals surface area (Å²) < 4.78 is 0. The molecule has 1 unspecified atom stereocenters. The zero-order chi connectivity index (χ0) is 14.5. The lowest BCUT2D eigenvalue weighted by atomic mass is 10.2. The summed E-state index contributed by atoms with van der Waals surface area (Å²) in [5.41, 5.74) is 0.747. The van der Waals surface area contributed by atoms with E-state index >= 15 is 0 Å². The molecule has 0 amide bonds. The Morgan fingerprint density at radius 3 is 2.95 bits per heavy atom. The van der Waals surface area contributed by atoms with Gasteiger partial charge in [0, 0.05) is 23.6 Å². The van der Waals surface area contributed by atoms with E-state index in [1.54, 1.807) is 17.8 Å². The molecule has 0 aliphatic heterocycles. The molecule has 1 N–H and O–H groups in total. The number of rotatable bonds is 6. The summed E-state index contributed by atoms with van der Waals surface area (Å²) in [6, 6.07) is 4.86. The fraction of sp³-hybridized carbons (Fsp3) is 0.385. The Bertz CT molecular complexity index is 620. The molecule has 1 heterocycles. The third kappa shape index (κ3) is 3.36. The second-order valence-electron chi connectivity index (χ2n) is 4.51. The molecule has 1 aromatic carbocycles. The van der Waals surface area contributed by atoms with Gasteiger partial charge < -0.3 is 5.32 Å². The Labute approximate surface area is 121 Å². The minimum atomic E-state index is -0.409. The Morgan fingerprint density at radius 2 is 2.25 bits per heavy atom. The summed E-state index contributed by atoms with van der Waals surface area (Å²) >= 11 is 1.79. The van der Waals surface area contributed by atoms with Gasteiger partial charge in [0.15, 0.2) is 0 Å². The zero-order valence-electron chi connectivity index (χ0n) is 11.4. The summed E-state index contributed by atoms with van der Waals surface area (Å²) in [6.45, 7) is 2.07. The molecule has 20 heavy (non-hydrogen) atoms. The van der Waals surface area contributed by atoms with Crippen LogP contribution in [0.15, 0.2) is 24.5 Å². The number of benzene rings is 1. The van der Waals surface area contributed by atoms with Crippen LogP contribution in [0.2, 0.25) is 0 Å². The van der Waals surface area contributed by atoms with Gasteiger partial charge in [-0.05, 0) is 31.4 Å². The first-order valence-electron chi connectivity index (χ1n) is 6.26. The molecule has 0 spiro atoms. The second kappa shape index (κ2) is 6.51. The number of anilines is 1. The molecule has 1 atom stereocenters. The first-order chi connectivity index (χ1) is 9.61. The van der Waals surface area contributed by atoms with Crippen molar-refractivity contribution in [2.45, 2.75) is 19.4 Å². The number of thioether (sulfide) groups is 1. The van der Waals surface area contributed by atoms with Gasteiger partial charge in [-0.3, -0.25) is 10.1 Å². The van der Waals surface area contributed by atoms with Crippen LogP contribution in [0.3, 0.4) is 0 Å². The van der Waals surface area contributed by atoms with Crippen molar-refractivity contribution < 1.29 is 4.92 Å². The Balaban J connectivity index is 2.32. The van der Waals surface area contributed by atoms with Gasteiger partial charge in [-0.25, -0.2) is 9.97 Å². The van der Waals surface area contributed by atoms with Crippen LogP contribution in [-0.4, -0.2) is 32.9 Å². The lowest BCUT2D eigenvalue weighted by Gasteiger charge is -2.15. The first-order valence-corrected chi connectivity index (χ1v) is 7.66. The number of nitro groups is 1. The highest BCUT2D eigenvalue weighted by molar-refractivity contribution is 7.98. The lowest BCUT2D eigenvalue weighted by Crippen LogP contribution is -2.17. The zero-order valence-corrected chi connectivity index (χ0v) is 12.2. The molecule has 0 radical (unpaired) electrons. The molecule has 2 aromatic rings. The number of non-ortho nitro benzene ring substituents is 1. The van der Waals surface area contributed by atoms with Crippen molar-refractivity contribution in [3.63, 3.8) is 0 Å². The van der Waals surface area contributed by atoms with Crippen LogP contribution in [-0.2, 0) is 0 Å². The minimum Gasteiger partial charge on any atom is -0.367 e. The molecular weight excluding hydrogens is 276 g/mol. The third-order valence-electron chi connectivity index (χ3n) is 2.97. The Hall–Kier alpha value is -1.89. The van der Waals surface area contributed by atoms with Gasteiger partial charge in [0.2, 0.25) is 0 Å². The number of hydrogen-bond donors (Lipinski definition) is 1. The van der Waals surface area contributed by atoms with E-state index in [1.807, 2.05) is 0 Å². The van der Waals surface area contributed by atoms with Crippen LogP contribution in [0, 0.1) is 10.1 Å². The molecule has 0 bridgehead atoms. The maximum Gasteiger partial charge on any atom is 0.270 e. The average Bonchev–Trinajstić information content (AvgIpc) is 2.45. The van der Waals surface area contributed by atoms with Crippen molar-refractivity contribution in [1.82, 2.24) is 9.97 Å². The Morgan fingerprint density at radius 1 is 1.45 bits per heavy atom. The van der Waals surface area contributed by atoms with E-state index in [2.05, 4.69) is 28.5 Å². The van der Waals surface area contributed by atoms with Crippen molar-refractivity contribution >= 4 is 34.2 Å². The van der Waals surface area contributed by atoms with Crippen molar-refractivity contribution in [3.05, 3.63) is 34.6 Å². The van der Waals surface area contributed by atoms with Crippen molar-refractivity contribution in [2.24, 2.45) is 0 Å². The van der Waals surface area contributed by atoms with E-state index in [-0.39, 0.29) is 11.7 Å². The maximum absolute atomic E-state index is 10.9. The molecule has 1 aromatic heterocycles. The van der Waals surface area contributed by atoms with Crippen LogP contribution in [0.25, 0.3) is 10.9 Å². The summed E-state index contributed by atoms with van der Waals surface area (Å²) in [6.07, 6.45) is 4.54. The molecule has 0 aliphatic carbocycles. The largest absolute Gasteiger partial charge is 0.367 e. The smallest absolute Gasteiger partial charge is 0.270 e. The standard InChI is InChI=1S/C13H16N4O2S/c1-9(5-6-20-2)16-13-11-7-10(17(18)19)3-4-12(11)14-8-15-13/h3-4,7-9H,5-6H2,1-2H3,(H,14,15,16). The van der Waals surface area contributed by atoms with Gasteiger partial charge >= 0.3 is 0 Å². The van der Waals surface area contributed by atoms with Gasteiger partial charge in [0.25, 0.3) is 5.69 Å². The quantitative estimate of drug-likeness (QED) is 0.651. The van der Waals surface area contributed by atoms with Gasteiger partial charge in [-0.2, -0.15) is 11.8 Å². The molecular formula is C13H16N4O2S. The van der Waals surface area contributed by atoms with Crippen LogP contribution in [0.4, 0.5) is 11.5 Å². The fourth-order valence-electron chi connectivity index (χ4n) is 1.87. The predicted octanol–water partition coefficient (Wildman–Crippen LogP) is 3.09. The molecule has 7 heteroatoms. The van der Waals surface area contributed by atoms with Gasteiger partial charge in [-0.15, -0.1) is 0 Å². The monoisotopic (exact) mass is 292 g/mol. The maximum atomic E-state index is 10.9. The second-order valence-corrected chi connectivity index (χ2v) is 5.49. The lowest BCUT2D eigenvalue weighted by molar-refractivity contribution is -0.384. The highest BCUT2D eigenvalue weighted by Gasteiger charge is 2.12. The fourth-order valence-corrected chi connectivity index (χ4v) is 2.46. The van der Waals surface area contributed by atoms with E-state index < -0.39 is 4.92 Å². The number of hydrogen-bond acceptors (Lipinski definition) is 6. The minimum absolute atomic E-state index is 0.0483. The van der Waals surface area contributed by atoms with Crippen molar-refractivity contribution in [1.29, 1.82) is 0 Å². The summed E-state index contributed by atoms with van der Waals surface area (Å²) in [4.78, 5) is 18.8. The number of nitrogens with one attached hydrogen (secondary N) is 1. The van der Waals surface area contributed by atoms with Gasteiger partial charge in [-0.1, -0.05) is 0 Å². The molecule has 0 fully saturated rings. The van der Waals surface area contributed by atoms with E-state index in [9.17, 15) is 10.1 Å². The Kier molecular flexibility index (Phi) is 4.73. The number of nitro benzene ring substituents is 1. The average molecular weight is 292 g/mol. The predicted molar refractivity (Wildman–Crippen MR) is 82.3 cm³/mol. The molecule has 0 aliphatic rings. The van der Waals surface area contributed by atoms with Crippen molar-refractivity contribution in [3.8, 4) is 0 Å². The van der Waals surface area contributed by atoms with Gasteiger partial charge in [0.05, 0.1) is 10.4 Å². The number of fused-ring (bicyclic) bond motifs is 1. The van der Waals surface area contributed by atoms with Gasteiger partial charge in [0.1, 0.15) is 12.1 Å². The van der Waals surface area contributed by atoms with Crippen LogP contribution in [0.5, 0.6) is 0 Å². The summed E-state index contributed by atoms with van der Waals surface area (Å²) in [5, 5.41) is 14.8. The molecule has 106 valence electrons. The molecule has 2 rings (SSSR count). The first kappa shape index (κ1) is 14.5. The number of nitrogens with zero attached hydrogens (tertiary/aromatic N) is 3. The highest BCUT2D eigenvalue weighted by atomic mass is 32.2. The van der Waals surface area contributed by atoms with E-state index in [0.29, 0.717) is 16.7 Å².